The molecule has 4 N–H and O–H groups in total. The number of rotatable bonds is 5. The van der Waals surface area contributed by atoms with Crippen molar-refractivity contribution in [2.24, 2.45) is 0 Å². The number of hydrazine groups is 2. The zero-order valence-corrected chi connectivity index (χ0v) is 10.2. The van der Waals surface area contributed by atoms with Gasteiger partial charge < -0.3 is 5.32 Å². The molecule has 1 saturated heterocycles. The molecule has 0 saturated carbocycles. The maximum absolute atomic E-state index is 11.6. The van der Waals surface area contributed by atoms with Crippen LogP contribution in [-0.2, 0) is 11.3 Å². The summed E-state index contributed by atoms with van der Waals surface area (Å²) in [5.41, 5.74) is 9.87. The van der Waals surface area contributed by atoms with Gasteiger partial charge in [-0.15, -0.1) is 11.8 Å². The molecule has 1 aliphatic rings. The molecule has 1 amide bonds. The highest BCUT2D eigenvalue weighted by Gasteiger charge is 2.14. The van der Waals surface area contributed by atoms with E-state index in [0.29, 0.717) is 12.3 Å². The topological polar surface area (TPSA) is 65.2 Å². The van der Waals surface area contributed by atoms with E-state index >= 15 is 0 Å². The van der Waals surface area contributed by atoms with Gasteiger partial charge in [0.25, 0.3) is 0 Å². The molecule has 1 atom stereocenters. The van der Waals surface area contributed by atoms with Gasteiger partial charge in [-0.2, -0.15) is 5.53 Å². The lowest BCUT2D eigenvalue weighted by molar-refractivity contribution is -0.118. The second-order valence-corrected chi connectivity index (χ2v) is 4.90. The minimum atomic E-state index is 0.0625. The van der Waals surface area contributed by atoms with Crippen LogP contribution in [0.2, 0.25) is 0 Å². The zero-order valence-electron chi connectivity index (χ0n) is 9.40. The van der Waals surface area contributed by atoms with Gasteiger partial charge >= 0.3 is 0 Å². The van der Waals surface area contributed by atoms with Crippen LogP contribution in [0.3, 0.4) is 0 Å². The fourth-order valence-electron chi connectivity index (χ4n) is 1.45. The van der Waals surface area contributed by atoms with E-state index in [2.05, 4.69) is 21.7 Å². The van der Waals surface area contributed by atoms with Crippen LogP contribution in [0.25, 0.3) is 0 Å². The monoisotopic (exact) mass is 252 g/mol. The molecule has 1 aliphatic heterocycles. The molecule has 2 rings (SSSR count). The SMILES string of the molecule is O=C(CSC1CNNN1)NCc1ccccc1. The molecular formula is C11H16N4OS. The second-order valence-electron chi connectivity index (χ2n) is 3.71. The highest BCUT2D eigenvalue weighted by molar-refractivity contribution is 8.00. The molecule has 92 valence electrons. The Labute approximate surface area is 105 Å². The number of carbonyl (C=O) groups excluding carboxylic acids is 1. The van der Waals surface area contributed by atoms with E-state index in [4.69, 9.17) is 0 Å². The number of hydrogen-bond acceptors (Lipinski definition) is 5. The molecule has 0 radical (unpaired) electrons. The van der Waals surface area contributed by atoms with Crippen molar-refractivity contribution in [1.82, 2.24) is 21.7 Å². The average molecular weight is 252 g/mol. The predicted octanol–water partition coefficient (Wildman–Crippen LogP) is -0.0255. The van der Waals surface area contributed by atoms with Gasteiger partial charge in [-0.1, -0.05) is 30.3 Å². The predicted molar refractivity (Wildman–Crippen MR) is 68.8 cm³/mol. The summed E-state index contributed by atoms with van der Waals surface area (Å²) in [5.74, 6) is 0.529. The molecule has 0 spiro atoms. The van der Waals surface area contributed by atoms with E-state index in [1.165, 1.54) is 0 Å². The number of amides is 1. The molecule has 1 aromatic carbocycles. The summed E-state index contributed by atoms with van der Waals surface area (Å²) in [6.07, 6.45) is 0. The highest BCUT2D eigenvalue weighted by Crippen LogP contribution is 2.07. The van der Waals surface area contributed by atoms with Crippen molar-refractivity contribution in [3.05, 3.63) is 35.9 Å². The lowest BCUT2D eigenvalue weighted by atomic mass is 10.2. The van der Waals surface area contributed by atoms with Gasteiger partial charge in [0.05, 0.1) is 11.1 Å². The average Bonchev–Trinajstić information content (AvgIpc) is 2.88. The Morgan fingerprint density at radius 1 is 1.41 bits per heavy atom. The van der Waals surface area contributed by atoms with Crippen LogP contribution < -0.4 is 21.7 Å². The molecule has 0 bridgehead atoms. The molecule has 0 aliphatic carbocycles. The molecule has 1 aromatic rings. The Morgan fingerprint density at radius 3 is 2.94 bits per heavy atom. The van der Waals surface area contributed by atoms with E-state index in [9.17, 15) is 4.79 Å². The van der Waals surface area contributed by atoms with Gasteiger partial charge in [-0.05, 0) is 5.56 Å². The van der Waals surface area contributed by atoms with Crippen molar-refractivity contribution >= 4 is 17.7 Å². The lowest BCUT2D eigenvalue weighted by Gasteiger charge is -2.08. The van der Waals surface area contributed by atoms with Crippen molar-refractivity contribution in [1.29, 1.82) is 0 Å². The van der Waals surface area contributed by atoms with Crippen LogP contribution in [0.1, 0.15) is 5.56 Å². The normalized spacial score (nSPS) is 19.2. The van der Waals surface area contributed by atoms with Gasteiger partial charge in [0.2, 0.25) is 5.91 Å². The third-order valence-corrected chi connectivity index (χ3v) is 3.47. The van der Waals surface area contributed by atoms with E-state index in [1.54, 1.807) is 11.8 Å². The van der Waals surface area contributed by atoms with Gasteiger partial charge in [0.1, 0.15) is 0 Å². The first-order valence-electron chi connectivity index (χ1n) is 5.50. The summed E-state index contributed by atoms with van der Waals surface area (Å²) in [4.78, 5) is 11.6. The molecule has 0 aromatic heterocycles. The van der Waals surface area contributed by atoms with Crippen LogP contribution >= 0.6 is 11.8 Å². The number of benzene rings is 1. The van der Waals surface area contributed by atoms with Crippen LogP contribution in [-0.4, -0.2) is 23.6 Å². The van der Waals surface area contributed by atoms with Gasteiger partial charge in [0.15, 0.2) is 0 Å². The van der Waals surface area contributed by atoms with E-state index in [-0.39, 0.29) is 11.3 Å². The van der Waals surface area contributed by atoms with E-state index in [0.717, 1.165) is 12.1 Å². The first-order chi connectivity index (χ1) is 8.34. The third-order valence-electron chi connectivity index (χ3n) is 2.36. The van der Waals surface area contributed by atoms with Gasteiger partial charge in [-0.25, -0.2) is 10.9 Å². The summed E-state index contributed by atoms with van der Waals surface area (Å²) in [6.45, 7) is 1.41. The zero-order chi connectivity index (χ0) is 11.9. The maximum Gasteiger partial charge on any atom is 0.230 e. The Hall–Kier alpha value is -1.08. The van der Waals surface area contributed by atoms with Crippen molar-refractivity contribution in [2.75, 3.05) is 12.3 Å². The molecular weight excluding hydrogens is 236 g/mol. The van der Waals surface area contributed by atoms with Crippen molar-refractivity contribution in [3.63, 3.8) is 0 Å². The largest absolute Gasteiger partial charge is 0.351 e. The van der Waals surface area contributed by atoms with E-state index < -0.39 is 0 Å². The third kappa shape index (κ3) is 4.35. The summed E-state index contributed by atoms with van der Waals surface area (Å²) < 4.78 is 0. The fourth-order valence-corrected chi connectivity index (χ4v) is 2.25. The smallest absolute Gasteiger partial charge is 0.230 e. The molecule has 1 unspecified atom stereocenters. The highest BCUT2D eigenvalue weighted by atomic mass is 32.2. The van der Waals surface area contributed by atoms with Crippen LogP contribution in [0.15, 0.2) is 30.3 Å². The Bertz CT molecular complexity index is 354. The molecule has 6 heteroatoms. The minimum Gasteiger partial charge on any atom is -0.351 e. The summed E-state index contributed by atoms with van der Waals surface area (Å²) in [6, 6.07) is 9.90. The second kappa shape index (κ2) is 6.61. The number of thioether (sulfide) groups is 1. The summed E-state index contributed by atoms with van der Waals surface area (Å²) >= 11 is 1.58. The van der Waals surface area contributed by atoms with Crippen LogP contribution in [0.5, 0.6) is 0 Å². The fraction of sp³-hybridized carbons (Fsp3) is 0.364. The first kappa shape index (κ1) is 12.4. The summed E-state index contributed by atoms with van der Waals surface area (Å²) in [7, 11) is 0. The molecule has 1 fully saturated rings. The Balaban J connectivity index is 1.64. The maximum atomic E-state index is 11.6. The Kier molecular flexibility index (Phi) is 4.81. The number of hydrogen-bond donors (Lipinski definition) is 4. The molecule has 5 nitrogen and oxygen atoms in total. The standard InChI is InChI=1S/C11H16N4OS/c16-10(8-17-11-7-13-15-14-11)12-6-9-4-2-1-3-5-9/h1-5,11,13-15H,6-8H2,(H,12,16). The van der Waals surface area contributed by atoms with Crippen molar-refractivity contribution < 1.29 is 4.79 Å². The Morgan fingerprint density at radius 2 is 2.24 bits per heavy atom. The molecule has 17 heavy (non-hydrogen) atoms. The molecule has 1 heterocycles. The van der Waals surface area contributed by atoms with Gasteiger partial charge in [0, 0.05) is 13.1 Å². The van der Waals surface area contributed by atoms with Crippen LogP contribution in [0, 0.1) is 0 Å². The quantitative estimate of drug-likeness (QED) is 0.593. The van der Waals surface area contributed by atoms with Gasteiger partial charge in [-0.3, -0.25) is 4.79 Å². The lowest BCUT2D eigenvalue weighted by Crippen LogP contribution is -2.33. The first-order valence-corrected chi connectivity index (χ1v) is 6.55. The number of carbonyl (C=O) groups is 1. The van der Waals surface area contributed by atoms with Crippen molar-refractivity contribution in [2.45, 2.75) is 11.9 Å². The summed E-state index contributed by atoms with van der Waals surface area (Å²) in [5, 5.41) is 3.14. The van der Waals surface area contributed by atoms with Crippen molar-refractivity contribution in [3.8, 4) is 0 Å². The number of nitrogens with one attached hydrogen (secondary N) is 4. The minimum absolute atomic E-state index is 0.0625. The van der Waals surface area contributed by atoms with Crippen LogP contribution in [0.4, 0.5) is 0 Å². The van der Waals surface area contributed by atoms with E-state index in [1.807, 2.05) is 30.3 Å².